The molecule has 8 heteroatoms. The van der Waals surface area contributed by atoms with Crippen LogP contribution in [0.2, 0.25) is 0 Å². The van der Waals surface area contributed by atoms with Crippen LogP contribution >= 0.6 is 0 Å². The number of amides is 1. The summed E-state index contributed by atoms with van der Waals surface area (Å²) >= 11 is 0. The fourth-order valence-electron chi connectivity index (χ4n) is 2.42. The van der Waals surface area contributed by atoms with Crippen LogP contribution in [0.1, 0.15) is 10.4 Å². The van der Waals surface area contributed by atoms with E-state index in [1.165, 1.54) is 6.08 Å². The minimum absolute atomic E-state index is 0.209. The number of hydrogen-bond donors (Lipinski definition) is 3. The van der Waals surface area contributed by atoms with Crippen molar-refractivity contribution in [3.63, 3.8) is 0 Å². The second-order valence-electron chi connectivity index (χ2n) is 5.38. The predicted octanol–water partition coefficient (Wildman–Crippen LogP) is 0.788. The molecule has 0 saturated carbocycles. The molecule has 0 aliphatic carbocycles. The van der Waals surface area contributed by atoms with Crippen LogP contribution < -0.4 is 10.9 Å². The number of rotatable bonds is 3. The highest BCUT2D eigenvalue weighted by atomic mass is 32.2. The van der Waals surface area contributed by atoms with Crippen molar-refractivity contribution in [3.8, 4) is 17.0 Å². The third-order valence-electron chi connectivity index (χ3n) is 3.57. The van der Waals surface area contributed by atoms with Gasteiger partial charge >= 0.3 is 0 Å². The number of sulfone groups is 1. The van der Waals surface area contributed by atoms with Gasteiger partial charge in [0.25, 0.3) is 11.5 Å². The molecular formula is C16H14N2O5S. The molecule has 2 aromatic rings. The minimum Gasteiger partial charge on any atom is -0.506 e. The molecule has 1 atom stereocenters. The molecule has 24 heavy (non-hydrogen) atoms. The highest BCUT2D eigenvalue weighted by Gasteiger charge is 2.25. The zero-order valence-corrected chi connectivity index (χ0v) is 13.2. The van der Waals surface area contributed by atoms with Gasteiger partial charge in [0.05, 0.1) is 17.5 Å². The van der Waals surface area contributed by atoms with Crippen molar-refractivity contribution in [2.45, 2.75) is 6.04 Å². The van der Waals surface area contributed by atoms with Gasteiger partial charge in [-0.15, -0.1) is 0 Å². The lowest BCUT2D eigenvalue weighted by atomic mass is 10.1. The predicted molar refractivity (Wildman–Crippen MR) is 88.3 cm³/mol. The minimum atomic E-state index is -3.31. The van der Waals surface area contributed by atoms with Crippen LogP contribution in [0, 0.1) is 0 Å². The Balaban J connectivity index is 1.87. The Morgan fingerprint density at radius 2 is 1.96 bits per heavy atom. The molecular weight excluding hydrogens is 332 g/mol. The van der Waals surface area contributed by atoms with Crippen LogP contribution in [0.4, 0.5) is 0 Å². The van der Waals surface area contributed by atoms with Gasteiger partial charge in [-0.2, -0.15) is 0 Å². The van der Waals surface area contributed by atoms with E-state index in [9.17, 15) is 23.1 Å². The van der Waals surface area contributed by atoms with Crippen molar-refractivity contribution in [2.75, 3.05) is 5.75 Å². The van der Waals surface area contributed by atoms with E-state index in [1.54, 1.807) is 30.3 Å². The van der Waals surface area contributed by atoms with E-state index in [0.29, 0.717) is 5.56 Å². The smallest absolute Gasteiger partial charge is 0.261 e. The van der Waals surface area contributed by atoms with E-state index in [1.807, 2.05) is 0 Å². The Morgan fingerprint density at radius 3 is 2.58 bits per heavy atom. The first-order valence-electron chi connectivity index (χ1n) is 7.09. The molecule has 1 aliphatic heterocycles. The van der Waals surface area contributed by atoms with Gasteiger partial charge in [0.1, 0.15) is 11.3 Å². The topological polar surface area (TPSA) is 116 Å². The van der Waals surface area contributed by atoms with E-state index in [-0.39, 0.29) is 22.8 Å². The molecule has 1 aromatic heterocycles. The summed E-state index contributed by atoms with van der Waals surface area (Å²) in [7, 11) is -3.31. The van der Waals surface area contributed by atoms with Crippen LogP contribution in [-0.4, -0.2) is 36.2 Å². The fourth-order valence-corrected chi connectivity index (χ4v) is 3.66. The normalized spacial score (nSPS) is 18.4. The van der Waals surface area contributed by atoms with Crippen LogP contribution in [-0.2, 0) is 9.84 Å². The third kappa shape index (κ3) is 3.23. The van der Waals surface area contributed by atoms with Crippen molar-refractivity contribution in [1.82, 2.24) is 10.3 Å². The average Bonchev–Trinajstić information content (AvgIpc) is 2.88. The summed E-state index contributed by atoms with van der Waals surface area (Å²) in [6, 6.07) is 9.09. The first-order chi connectivity index (χ1) is 11.4. The molecule has 7 nitrogen and oxygen atoms in total. The largest absolute Gasteiger partial charge is 0.506 e. The Kier molecular flexibility index (Phi) is 3.98. The summed E-state index contributed by atoms with van der Waals surface area (Å²) < 4.78 is 22.7. The van der Waals surface area contributed by atoms with Gasteiger partial charge in [-0.3, -0.25) is 9.59 Å². The lowest BCUT2D eigenvalue weighted by Gasteiger charge is -2.11. The number of aromatic amines is 1. The van der Waals surface area contributed by atoms with Crippen molar-refractivity contribution in [2.24, 2.45) is 0 Å². The second-order valence-corrected chi connectivity index (χ2v) is 7.31. The molecule has 0 spiro atoms. The van der Waals surface area contributed by atoms with E-state index >= 15 is 0 Å². The first kappa shape index (κ1) is 16.0. The summed E-state index contributed by atoms with van der Waals surface area (Å²) in [5.74, 6) is -1.25. The van der Waals surface area contributed by atoms with Crippen molar-refractivity contribution in [1.29, 1.82) is 0 Å². The molecule has 2 heterocycles. The third-order valence-corrected chi connectivity index (χ3v) is 4.97. The monoisotopic (exact) mass is 346 g/mol. The Morgan fingerprint density at radius 1 is 1.25 bits per heavy atom. The molecule has 0 bridgehead atoms. The molecule has 1 unspecified atom stereocenters. The van der Waals surface area contributed by atoms with Crippen molar-refractivity contribution < 1.29 is 18.3 Å². The Labute approximate surface area is 137 Å². The van der Waals surface area contributed by atoms with Crippen LogP contribution in [0.3, 0.4) is 0 Å². The number of pyridine rings is 1. The Bertz CT molecular complexity index is 977. The number of H-pyrrole nitrogens is 1. The lowest BCUT2D eigenvalue weighted by Crippen LogP contribution is -2.38. The SMILES string of the molecule is O=C(NC1C=CS(=O)(=O)C1)c1cc(O)c(-c2ccccc2)[nH]c1=O. The molecule has 3 rings (SSSR count). The second kappa shape index (κ2) is 5.97. The van der Waals surface area contributed by atoms with E-state index in [2.05, 4.69) is 10.3 Å². The molecule has 0 radical (unpaired) electrons. The number of hydrogen-bond acceptors (Lipinski definition) is 5. The molecule has 1 aliphatic rings. The zero-order valence-electron chi connectivity index (χ0n) is 12.4. The van der Waals surface area contributed by atoms with Crippen LogP contribution in [0.5, 0.6) is 5.75 Å². The molecule has 0 saturated heterocycles. The molecule has 0 fully saturated rings. The Hall–Kier alpha value is -2.87. The van der Waals surface area contributed by atoms with Gasteiger partial charge in [0, 0.05) is 17.0 Å². The number of carbonyl (C=O) groups is 1. The first-order valence-corrected chi connectivity index (χ1v) is 8.81. The highest BCUT2D eigenvalue weighted by Crippen LogP contribution is 2.25. The van der Waals surface area contributed by atoms with Crippen molar-refractivity contribution in [3.05, 3.63) is 63.8 Å². The highest BCUT2D eigenvalue weighted by molar-refractivity contribution is 7.94. The number of benzene rings is 1. The van der Waals surface area contributed by atoms with Crippen molar-refractivity contribution >= 4 is 15.7 Å². The standard InChI is InChI=1S/C16H14N2O5S/c19-13-8-12(15(20)17-11-6-7-24(22,23)9-11)16(21)18-14(13)10-4-2-1-3-5-10/h1-8,11,19H,9H2,(H,17,20)(H,18,21). The van der Waals surface area contributed by atoms with Gasteiger partial charge in [-0.05, 0) is 6.08 Å². The summed E-state index contributed by atoms with van der Waals surface area (Å²) in [5.41, 5.74) is -0.150. The van der Waals surface area contributed by atoms with Gasteiger partial charge in [-0.25, -0.2) is 8.42 Å². The van der Waals surface area contributed by atoms with Gasteiger partial charge in [0.15, 0.2) is 9.84 Å². The number of carbonyl (C=O) groups excluding carboxylic acids is 1. The van der Waals surface area contributed by atoms with Gasteiger partial charge in [0.2, 0.25) is 0 Å². The number of nitrogens with one attached hydrogen (secondary N) is 2. The van der Waals surface area contributed by atoms with E-state index in [4.69, 9.17) is 0 Å². The molecule has 1 aromatic carbocycles. The molecule has 3 N–H and O–H groups in total. The zero-order chi connectivity index (χ0) is 17.3. The molecule has 1 amide bonds. The van der Waals surface area contributed by atoms with Gasteiger partial charge in [-0.1, -0.05) is 30.3 Å². The maximum absolute atomic E-state index is 12.2. The van der Waals surface area contributed by atoms with Crippen LogP contribution in [0.25, 0.3) is 11.3 Å². The summed E-state index contributed by atoms with van der Waals surface area (Å²) in [5, 5.41) is 13.6. The molecule has 124 valence electrons. The summed E-state index contributed by atoms with van der Waals surface area (Å²) in [6.45, 7) is 0. The van der Waals surface area contributed by atoms with E-state index in [0.717, 1.165) is 11.5 Å². The van der Waals surface area contributed by atoms with Gasteiger partial charge < -0.3 is 15.4 Å². The van der Waals surface area contributed by atoms with E-state index < -0.39 is 27.3 Å². The average molecular weight is 346 g/mol. The maximum atomic E-state index is 12.2. The number of aromatic nitrogens is 1. The lowest BCUT2D eigenvalue weighted by molar-refractivity contribution is 0.0945. The number of aromatic hydroxyl groups is 1. The fraction of sp³-hybridized carbons (Fsp3) is 0.125. The van der Waals surface area contributed by atoms with Crippen LogP contribution in [0.15, 0.2) is 52.7 Å². The summed E-state index contributed by atoms with van der Waals surface area (Å²) in [6.07, 6.45) is 1.35. The summed E-state index contributed by atoms with van der Waals surface area (Å²) in [4.78, 5) is 26.8. The maximum Gasteiger partial charge on any atom is 0.261 e. The quantitative estimate of drug-likeness (QED) is 0.760.